The number of imidazole rings is 1. The predicted octanol–water partition coefficient (Wildman–Crippen LogP) is 1.94. The van der Waals surface area contributed by atoms with Gasteiger partial charge in [0.1, 0.15) is 5.75 Å². The molecule has 2 N–H and O–H groups in total. The smallest absolute Gasteiger partial charge is 0.323 e. The van der Waals surface area contributed by atoms with E-state index in [9.17, 15) is 4.79 Å². The molecule has 0 aliphatic carbocycles. The molecule has 0 saturated heterocycles. The Morgan fingerprint density at radius 3 is 2.75 bits per heavy atom. The lowest BCUT2D eigenvalue weighted by Crippen LogP contribution is -2.00. The van der Waals surface area contributed by atoms with Gasteiger partial charge in [-0.1, -0.05) is 13.0 Å². The van der Waals surface area contributed by atoms with Crippen LogP contribution in [0.2, 0.25) is 0 Å². The monoisotopic (exact) mass is 218 g/mol. The molecule has 2 aromatic rings. The van der Waals surface area contributed by atoms with Gasteiger partial charge in [0.25, 0.3) is 0 Å². The van der Waals surface area contributed by atoms with Crippen molar-refractivity contribution in [2.45, 2.75) is 13.3 Å². The molecule has 0 bridgehead atoms. The van der Waals surface area contributed by atoms with Crippen molar-refractivity contribution in [2.75, 3.05) is 7.11 Å². The summed E-state index contributed by atoms with van der Waals surface area (Å²) in [6.07, 6.45) is 2.60. The molecule has 0 radical (unpaired) electrons. The second-order valence-corrected chi connectivity index (χ2v) is 3.54. The fraction of sp³-hybridized carbons (Fsp3) is 0.250. The van der Waals surface area contributed by atoms with Crippen LogP contribution in [0.3, 0.4) is 0 Å². The maximum atomic E-state index is 11.1. The minimum Gasteiger partial charge on any atom is -0.496 e. The first-order chi connectivity index (χ1) is 7.74. The van der Waals surface area contributed by atoms with Crippen molar-refractivity contribution in [1.29, 1.82) is 0 Å². The second-order valence-electron chi connectivity index (χ2n) is 3.54. The molecule has 4 heteroatoms. The van der Waals surface area contributed by atoms with E-state index in [1.165, 1.54) is 5.56 Å². The highest BCUT2D eigenvalue weighted by Crippen LogP contribution is 2.28. The maximum Gasteiger partial charge on any atom is 0.323 e. The summed E-state index contributed by atoms with van der Waals surface area (Å²) in [5, 5.41) is 0. The lowest BCUT2D eigenvalue weighted by atomic mass is 10.1. The summed E-state index contributed by atoms with van der Waals surface area (Å²) in [6.45, 7) is 2.09. The number of hydrogen-bond donors (Lipinski definition) is 2. The van der Waals surface area contributed by atoms with E-state index in [2.05, 4.69) is 16.9 Å². The Morgan fingerprint density at radius 2 is 2.19 bits per heavy atom. The van der Waals surface area contributed by atoms with Gasteiger partial charge in [0.05, 0.1) is 12.8 Å². The van der Waals surface area contributed by atoms with Crippen LogP contribution in [0.15, 0.2) is 29.2 Å². The molecule has 0 fully saturated rings. The highest BCUT2D eigenvalue weighted by molar-refractivity contribution is 5.67. The minimum absolute atomic E-state index is 0.209. The van der Waals surface area contributed by atoms with E-state index in [-0.39, 0.29) is 5.69 Å². The summed E-state index contributed by atoms with van der Waals surface area (Å²) in [5.41, 5.74) is 2.65. The van der Waals surface area contributed by atoms with E-state index in [0.717, 1.165) is 23.4 Å². The highest BCUT2D eigenvalue weighted by Gasteiger charge is 2.08. The van der Waals surface area contributed by atoms with Crippen LogP contribution >= 0.6 is 0 Å². The number of aromatic nitrogens is 2. The zero-order valence-corrected chi connectivity index (χ0v) is 9.33. The van der Waals surface area contributed by atoms with Crippen molar-refractivity contribution in [3.63, 3.8) is 0 Å². The summed E-state index contributed by atoms with van der Waals surface area (Å²) in [4.78, 5) is 16.4. The van der Waals surface area contributed by atoms with Gasteiger partial charge in [0.2, 0.25) is 0 Å². The van der Waals surface area contributed by atoms with Crippen LogP contribution in [0.25, 0.3) is 11.3 Å². The molecule has 0 spiro atoms. The molecule has 2 rings (SSSR count). The molecular weight excluding hydrogens is 204 g/mol. The molecule has 4 nitrogen and oxygen atoms in total. The largest absolute Gasteiger partial charge is 0.496 e. The number of H-pyrrole nitrogens is 2. The Kier molecular flexibility index (Phi) is 2.81. The van der Waals surface area contributed by atoms with Gasteiger partial charge in [-0.25, -0.2) is 4.79 Å². The van der Waals surface area contributed by atoms with E-state index in [1.807, 2.05) is 18.2 Å². The Balaban J connectivity index is 2.56. The third-order valence-corrected chi connectivity index (χ3v) is 2.56. The Labute approximate surface area is 93.3 Å². The summed E-state index contributed by atoms with van der Waals surface area (Å²) >= 11 is 0. The van der Waals surface area contributed by atoms with E-state index >= 15 is 0 Å². The van der Waals surface area contributed by atoms with Crippen LogP contribution in [-0.4, -0.2) is 17.1 Å². The molecule has 0 aliphatic rings. The van der Waals surface area contributed by atoms with E-state index in [1.54, 1.807) is 13.3 Å². The summed E-state index contributed by atoms with van der Waals surface area (Å²) < 4.78 is 5.27. The van der Waals surface area contributed by atoms with E-state index < -0.39 is 0 Å². The van der Waals surface area contributed by atoms with Gasteiger partial charge in [-0.2, -0.15) is 0 Å². The average molecular weight is 218 g/mol. The van der Waals surface area contributed by atoms with Crippen LogP contribution in [0, 0.1) is 0 Å². The van der Waals surface area contributed by atoms with Crippen molar-refractivity contribution >= 4 is 0 Å². The topological polar surface area (TPSA) is 57.9 Å². The first kappa shape index (κ1) is 10.5. The molecule has 1 aromatic heterocycles. The van der Waals surface area contributed by atoms with Gasteiger partial charge in [-0.3, -0.25) is 0 Å². The fourth-order valence-corrected chi connectivity index (χ4v) is 1.66. The summed E-state index contributed by atoms with van der Waals surface area (Å²) in [5.74, 6) is 0.757. The number of aromatic amines is 2. The lowest BCUT2D eigenvalue weighted by Gasteiger charge is -2.08. The molecular formula is C12H14N2O2. The molecule has 0 amide bonds. The molecule has 0 unspecified atom stereocenters. The average Bonchev–Trinajstić information content (AvgIpc) is 2.75. The quantitative estimate of drug-likeness (QED) is 0.827. The van der Waals surface area contributed by atoms with Gasteiger partial charge in [0, 0.05) is 11.8 Å². The first-order valence-electron chi connectivity index (χ1n) is 5.19. The van der Waals surface area contributed by atoms with Crippen molar-refractivity contribution in [2.24, 2.45) is 0 Å². The molecule has 1 aromatic carbocycles. The normalized spacial score (nSPS) is 10.4. The molecule has 0 aliphatic heterocycles. The molecule has 0 atom stereocenters. The third-order valence-electron chi connectivity index (χ3n) is 2.56. The summed E-state index contributed by atoms with van der Waals surface area (Å²) in [6, 6.07) is 5.96. The van der Waals surface area contributed by atoms with Gasteiger partial charge in [-0.05, 0) is 24.1 Å². The van der Waals surface area contributed by atoms with Gasteiger partial charge < -0.3 is 14.7 Å². The number of methoxy groups -OCH3 is 1. The van der Waals surface area contributed by atoms with Gasteiger partial charge >= 0.3 is 5.69 Å². The third kappa shape index (κ3) is 1.86. The van der Waals surface area contributed by atoms with Crippen molar-refractivity contribution < 1.29 is 4.74 Å². The minimum atomic E-state index is -0.209. The van der Waals surface area contributed by atoms with E-state index in [0.29, 0.717) is 0 Å². The number of ether oxygens (including phenoxy) is 1. The van der Waals surface area contributed by atoms with Crippen LogP contribution in [0.1, 0.15) is 12.5 Å². The number of aryl methyl sites for hydroxylation is 1. The van der Waals surface area contributed by atoms with Crippen LogP contribution < -0.4 is 10.4 Å². The van der Waals surface area contributed by atoms with Crippen molar-refractivity contribution in [3.05, 3.63) is 40.4 Å². The van der Waals surface area contributed by atoms with E-state index in [4.69, 9.17) is 4.74 Å². The van der Waals surface area contributed by atoms with Crippen molar-refractivity contribution in [3.8, 4) is 17.0 Å². The van der Waals surface area contributed by atoms with Crippen molar-refractivity contribution in [1.82, 2.24) is 9.97 Å². The Morgan fingerprint density at radius 1 is 1.38 bits per heavy atom. The van der Waals surface area contributed by atoms with Gasteiger partial charge in [0.15, 0.2) is 0 Å². The lowest BCUT2D eigenvalue weighted by molar-refractivity contribution is 0.416. The summed E-state index contributed by atoms with van der Waals surface area (Å²) in [7, 11) is 1.62. The predicted molar refractivity (Wildman–Crippen MR) is 62.8 cm³/mol. The zero-order chi connectivity index (χ0) is 11.5. The van der Waals surface area contributed by atoms with Gasteiger partial charge in [-0.15, -0.1) is 0 Å². The number of rotatable bonds is 3. The number of nitrogens with one attached hydrogen (secondary N) is 2. The molecule has 84 valence electrons. The molecule has 0 saturated carbocycles. The number of benzene rings is 1. The second kappa shape index (κ2) is 4.26. The van der Waals surface area contributed by atoms with Crippen LogP contribution in [0.4, 0.5) is 0 Å². The number of hydrogen-bond acceptors (Lipinski definition) is 2. The zero-order valence-electron chi connectivity index (χ0n) is 9.33. The molecule has 1 heterocycles. The van der Waals surface area contributed by atoms with Crippen LogP contribution in [-0.2, 0) is 6.42 Å². The first-order valence-corrected chi connectivity index (χ1v) is 5.19. The Hall–Kier alpha value is -1.97. The highest BCUT2D eigenvalue weighted by atomic mass is 16.5. The fourth-order valence-electron chi connectivity index (χ4n) is 1.66. The maximum absolute atomic E-state index is 11.1. The van der Waals surface area contributed by atoms with Crippen LogP contribution in [0.5, 0.6) is 5.75 Å². The SMILES string of the molecule is CCc1ccc(OC)c(-c2c[nH]c(=O)[nH]2)c1. The Bertz CT molecular complexity index is 540. The molecule has 16 heavy (non-hydrogen) atoms. The standard InChI is InChI=1S/C12H14N2O2/c1-3-8-4-5-11(16-2)9(6-8)10-7-13-12(15)14-10/h4-7H,3H2,1-2H3,(H2,13,14,15).